The van der Waals surface area contributed by atoms with E-state index in [4.69, 9.17) is 4.74 Å². The van der Waals surface area contributed by atoms with Crippen molar-refractivity contribution in [3.8, 4) is 5.75 Å². The van der Waals surface area contributed by atoms with Crippen molar-refractivity contribution < 1.29 is 9.53 Å². The van der Waals surface area contributed by atoms with Crippen molar-refractivity contribution in [3.05, 3.63) is 48.2 Å². The average molecular weight is 368 g/mol. The number of hydrogen-bond donors (Lipinski definition) is 1. The number of pyridine rings is 1. The van der Waals surface area contributed by atoms with Crippen molar-refractivity contribution in [2.24, 2.45) is 0 Å². The molecule has 6 nitrogen and oxygen atoms in total. The van der Waals surface area contributed by atoms with Gasteiger partial charge in [0.1, 0.15) is 11.6 Å². The molecule has 0 atom stereocenters. The lowest BCUT2D eigenvalue weighted by Crippen LogP contribution is -2.44. The van der Waals surface area contributed by atoms with Gasteiger partial charge in [-0.05, 0) is 44.2 Å². The molecular formula is C21H28N4O2. The molecule has 1 aliphatic rings. The van der Waals surface area contributed by atoms with Gasteiger partial charge in [0.15, 0.2) is 0 Å². The standard InChI is InChI=1S/C21H28N4O2/c1-3-27-19-7-5-4-6-17(19)8-11-21(26)23-18-9-10-20(22-16-18)25-14-12-24(2)13-15-25/h4-7,9-10,16H,3,8,11-15H2,1-2H3,(H,23,26). The van der Waals surface area contributed by atoms with Gasteiger partial charge in [0.2, 0.25) is 5.91 Å². The summed E-state index contributed by atoms with van der Waals surface area (Å²) in [4.78, 5) is 21.4. The van der Waals surface area contributed by atoms with E-state index in [2.05, 4.69) is 27.1 Å². The molecule has 27 heavy (non-hydrogen) atoms. The Morgan fingerprint density at radius 2 is 1.93 bits per heavy atom. The Morgan fingerprint density at radius 1 is 1.15 bits per heavy atom. The van der Waals surface area contributed by atoms with E-state index in [0.29, 0.717) is 19.4 Å². The third-order valence-corrected chi connectivity index (χ3v) is 4.75. The van der Waals surface area contributed by atoms with Crippen molar-refractivity contribution in [3.63, 3.8) is 0 Å². The Bertz CT molecular complexity index is 740. The van der Waals surface area contributed by atoms with Crippen LogP contribution in [0.4, 0.5) is 11.5 Å². The molecule has 1 saturated heterocycles. The lowest BCUT2D eigenvalue weighted by molar-refractivity contribution is -0.116. The summed E-state index contributed by atoms with van der Waals surface area (Å²) >= 11 is 0. The molecule has 1 aliphatic heterocycles. The minimum absolute atomic E-state index is 0.0181. The predicted octanol–water partition coefficient (Wildman–Crippen LogP) is 2.80. The number of aromatic nitrogens is 1. The second kappa shape index (κ2) is 9.37. The molecule has 0 bridgehead atoms. The summed E-state index contributed by atoms with van der Waals surface area (Å²) in [5.41, 5.74) is 1.79. The number of amides is 1. The molecule has 2 aromatic rings. The van der Waals surface area contributed by atoms with Gasteiger partial charge < -0.3 is 19.9 Å². The SMILES string of the molecule is CCOc1ccccc1CCC(=O)Nc1ccc(N2CCN(C)CC2)nc1. The summed E-state index contributed by atoms with van der Waals surface area (Å²) in [5.74, 6) is 1.80. The molecule has 1 amide bonds. The number of nitrogens with one attached hydrogen (secondary N) is 1. The maximum atomic E-state index is 12.3. The average Bonchev–Trinajstić information content (AvgIpc) is 2.69. The molecule has 1 aromatic carbocycles. The van der Waals surface area contributed by atoms with Gasteiger partial charge >= 0.3 is 0 Å². The van der Waals surface area contributed by atoms with Crippen molar-refractivity contribution >= 4 is 17.4 Å². The Hall–Kier alpha value is -2.60. The molecule has 1 fully saturated rings. The van der Waals surface area contributed by atoms with Crippen LogP contribution in [0, 0.1) is 0 Å². The van der Waals surface area contributed by atoms with Gasteiger partial charge in [0.05, 0.1) is 18.5 Å². The first-order chi connectivity index (χ1) is 13.2. The third kappa shape index (κ3) is 5.44. The van der Waals surface area contributed by atoms with E-state index < -0.39 is 0 Å². The Kier molecular flexibility index (Phi) is 6.65. The first-order valence-electron chi connectivity index (χ1n) is 9.56. The Labute approximate surface area is 161 Å². The number of likely N-dealkylation sites (N-methyl/N-ethyl adjacent to an activating group) is 1. The molecule has 0 unspecified atom stereocenters. The van der Waals surface area contributed by atoms with Crippen LogP contribution in [0.25, 0.3) is 0 Å². The van der Waals surface area contributed by atoms with Crippen LogP contribution >= 0.6 is 0 Å². The highest BCUT2D eigenvalue weighted by atomic mass is 16.5. The lowest BCUT2D eigenvalue weighted by Gasteiger charge is -2.33. The Balaban J connectivity index is 1.51. The highest BCUT2D eigenvalue weighted by Crippen LogP contribution is 2.20. The fourth-order valence-corrected chi connectivity index (χ4v) is 3.16. The fourth-order valence-electron chi connectivity index (χ4n) is 3.16. The van der Waals surface area contributed by atoms with Crippen LogP contribution in [0.1, 0.15) is 18.9 Å². The molecule has 1 N–H and O–H groups in total. The summed E-state index contributed by atoms with van der Waals surface area (Å²) < 4.78 is 5.62. The van der Waals surface area contributed by atoms with Crippen LogP contribution in [0.5, 0.6) is 5.75 Å². The van der Waals surface area contributed by atoms with E-state index in [1.54, 1.807) is 6.20 Å². The summed E-state index contributed by atoms with van der Waals surface area (Å²) in [5, 5.41) is 2.93. The van der Waals surface area contributed by atoms with Crippen molar-refractivity contribution in [2.75, 3.05) is 50.1 Å². The normalized spacial score (nSPS) is 14.8. The zero-order valence-corrected chi connectivity index (χ0v) is 16.1. The number of piperazine rings is 1. The number of carbonyl (C=O) groups excluding carboxylic acids is 1. The number of benzene rings is 1. The van der Waals surface area contributed by atoms with Crippen LogP contribution < -0.4 is 15.0 Å². The molecule has 6 heteroatoms. The largest absolute Gasteiger partial charge is 0.494 e. The van der Waals surface area contributed by atoms with E-state index in [9.17, 15) is 4.79 Å². The number of ether oxygens (including phenoxy) is 1. The van der Waals surface area contributed by atoms with Crippen molar-refractivity contribution in [2.45, 2.75) is 19.8 Å². The molecule has 0 radical (unpaired) electrons. The molecular weight excluding hydrogens is 340 g/mol. The van der Waals surface area contributed by atoms with Crippen LogP contribution in [-0.2, 0) is 11.2 Å². The molecule has 0 aliphatic carbocycles. The summed E-state index contributed by atoms with van der Waals surface area (Å²) in [7, 11) is 2.14. The van der Waals surface area contributed by atoms with Crippen LogP contribution in [-0.4, -0.2) is 55.6 Å². The van der Waals surface area contributed by atoms with Gasteiger partial charge in [-0.2, -0.15) is 0 Å². The number of aryl methyl sites for hydroxylation is 1. The summed E-state index contributed by atoms with van der Waals surface area (Å²) in [6, 6.07) is 11.8. The smallest absolute Gasteiger partial charge is 0.224 e. The van der Waals surface area contributed by atoms with Gasteiger partial charge in [0, 0.05) is 32.6 Å². The van der Waals surface area contributed by atoms with Gasteiger partial charge in [-0.15, -0.1) is 0 Å². The Morgan fingerprint density at radius 3 is 2.63 bits per heavy atom. The highest BCUT2D eigenvalue weighted by molar-refractivity contribution is 5.90. The first-order valence-corrected chi connectivity index (χ1v) is 9.56. The van der Waals surface area contributed by atoms with Crippen molar-refractivity contribution in [1.29, 1.82) is 0 Å². The molecule has 144 valence electrons. The van der Waals surface area contributed by atoms with E-state index in [0.717, 1.165) is 49.0 Å². The number of nitrogens with zero attached hydrogens (tertiary/aromatic N) is 3. The summed E-state index contributed by atoms with van der Waals surface area (Å²) in [6.07, 6.45) is 2.79. The van der Waals surface area contributed by atoms with Gasteiger partial charge in [-0.25, -0.2) is 4.98 Å². The van der Waals surface area contributed by atoms with Crippen molar-refractivity contribution in [1.82, 2.24) is 9.88 Å². The minimum atomic E-state index is -0.0181. The second-order valence-electron chi connectivity index (χ2n) is 6.78. The van der Waals surface area contributed by atoms with E-state index >= 15 is 0 Å². The zero-order valence-electron chi connectivity index (χ0n) is 16.1. The predicted molar refractivity (Wildman–Crippen MR) is 109 cm³/mol. The van der Waals surface area contributed by atoms with E-state index in [1.807, 2.05) is 43.3 Å². The first kappa shape index (κ1) is 19.2. The summed E-state index contributed by atoms with van der Waals surface area (Å²) in [6.45, 7) is 6.63. The molecule has 2 heterocycles. The van der Waals surface area contributed by atoms with E-state index in [-0.39, 0.29) is 5.91 Å². The van der Waals surface area contributed by atoms with Gasteiger partial charge in [-0.1, -0.05) is 18.2 Å². The van der Waals surface area contributed by atoms with Crippen LogP contribution in [0.3, 0.4) is 0 Å². The quantitative estimate of drug-likeness (QED) is 0.814. The molecule has 0 saturated carbocycles. The molecule has 0 spiro atoms. The monoisotopic (exact) mass is 368 g/mol. The topological polar surface area (TPSA) is 57.7 Å². The van der Waals surface area contributed by atoms with Crippen LogP contribution in [0.2, 0.25) is 0 Å². The highest BCUT2D eigenvalue weighted by Gasteiger charge is 2.15. The molecule has 1 aromatic heterocycles. The van der Waals surface area contributed by atoms with E-state index in [1.165, 1.54) is 0 Å². The zero-order chi connectivity index (χ0) is 19.1. The maximum absolute atomic E-state index is 12.3. The minimum Gasteiger partial charge on any atom is -0.494 e. The van der Waals surface area contributed by atoms with Gasteiger partial charge in [-0.3, -0.25) is 4.79 Å². The second-order valence-corrected chi connectivity index (χ2v) is 6.78. The number of carbonyl (C=O) groups is 1. The number of para-hydroxylation sites is 1. The maximum Gasteiger partial charge on any atom is 0.224 e. The third-order valence-electron chi connectivity index (χ3n) is 4.75. The van der Waals surface area contributed by atoms with Gasteiger partial charge in [0.25, 0.3) is 0 Å². The number of anilines is 2. The number of rotatable bonds is 7. The fraction of sp³-hybridized carbons (Fsp3) is 0.429. The molecule has 3 rings (SSSR count). The lowest BCUT2D eigenvalue weighted by atomic mass is 10.1. The van der Waals surface area contributed by atoms with Crippen LogP contribution in [0.15, 0.2) is 42.6 Å². The number of hydrogen-bond acceptors (Lipinski definition) is 5.